The number of likely N-dealkylation sites (tertiary alicyclic amines) is 1. The van der Waals surface area contributed by atoms with Gasteiger partial charge in [0.05, 0.1) is 98.6 Å². The third-order valence-corrected chi connectivity index (χ3v) is 10.4. The first kappa shape index (κ1) is 53.1. The van der Waals surface area contributed by atoms with Crippen LogP contribution in [0.15, 0.2) is 4.79 Å². The van der Waals surface area contributed by atoms with Crippen LogP contribution in [0.3, 0.4) is 0 Å². The molecule has 2 aromatic heterocycles. The van der Waals surface area contributed by atoms with E-state index in [0.29, 0.717) is 77.1 Å². The molecule has 1 aliphatic heterocycles. The van der Waals surface area contributed by atoms with Crippen LogP contribution in [0.1, 0.15) is 66.2 Å². The SMILES string of the molecule is CCC[C@H](C)Oc1nc(N)c2[nH]c(=O)n(CC3CCN(CCOP(=O)(O)OCCOCCOCCOCCOCCOCCOC[C@@H](COC(=O)CC)OC(=O)CC)CC3)c2n1. The van der Waals surface area contributed by atoms with Gasteiger partial charge in [-0.15, -0.1) is 0 Å². The fourth-order valence-electron chi connectivity index (χ4n) is 6.07. The summed E-state index contributed by atoms with van der Waals surface area (Å²) in [6.45, 7) is 13.3. The summed E-state index contributed by atoms with van der Waals surface area (Å²) in [5.74, 6) is -0.386. The minimum absolute atomic E-state index is 0.0224. The maximum Gasteiger partial charge on any atom is 0.472 e. The lowest BCUT2D eigenvalue weighted by atomic mass is 9.97. The molecule has 1 unspecified atom stereocenters. The number of ether oxygens (including phenoxy) is 9. The Kier molecular flexibility index (Phi) is 26.3. The molecule has 0 amide bonds. The molecule has 22 nitrogen and oxygen atoms in total. The molecular weight excluding hydrogens is 839 g/mol. The largest absolute Gasteiger partial charge is 0.472 e. The van der Waals surface area contributed by atoms with Crippen LogP contribution >= 0.6 is 7.82 Å². The van der Waals surface area contributed by atoms with Crippen LogP contribution in [0, 0.1) is 5.92 Å². The fourth-order valence-corrected chi connectivity index (χ4v) is 6.76. The Morgan fingerprint density at radius 2 is 1.35 bits per heavy atom. The molecular formula is C39H69N6O16P. The number of esters is 2. The average Bonchev–Trinajstić information content (AvgIpc) is 3.56. The number of phosphoric acid groups is 1. The van der Waals surface area contributed by atoms with Gasteiger partial charge in [-0.05, 0) is 45.2 Å². The molecule has 0 aliphatic carbocycles. The Morgan fingerprint density at radius 1 is 0.806 bits per heavy atom. The number of imidazole rings is 1. The van der Waals surface area contributed by atoms with Crippen molar-refractivity contribution in [3.05, 3.63) is 10.5 Å². The van der Waals surface area contributed by atoms with Gasteiger partial charge < -0.3 is 63.1 Å². The van der Waals surface area contributed by atoms with Crippen molar-refractivity contribution in [3.63, 3.8) is 0 Å². The minimum Gasteiger partial charge on any atom is -0.462 e. The predicted molar refractivity (Wildman–Crippen MR) is 225 cm³/mol. The topological polar surface area (TPSA) is 266 Å². The number of hydrogen-bond acceptors (Lipinski definition) is 19. The Bertz CT molecular complexity index is 1660. The number of aromatic amines is 1. The molecule has 0 aromatic carbocycles. The third kappa shape index (κ3) is 21.9. The van der Waals surface area contributed by atoms with Crippen LogP contribution in [0.2, 0.25) is 0 Å². The van der Waals surface area contributed by atoms with E-state index in [1.54, 1.807) is 18.4 Å². The molecule has 0 bridgehead atoms. The zero-order valence-electron chi connectivity index (χ0n) is 36.8. The van der Waals surface area contributed by atoms with Crippen molar-refractivity contribution in [3.8, 4) is 6.01 Å². The molecule has 0 saturated carbocycles. The van der Waals surface area contributed by atoms with E-state index in [1.807, 2.05) is 6.92 Å². The fraction of sp³-hybridized carbons (Fsp3) is 0.821. The summed E-state index contributed by atoms with van der Waals surface area (Å²) < 4.78 is 73.0. The third-order valence-electron chi connectivity index (χ3n) is 9.39. The maximum absolute atomic E-state index is 12.8. The highest BCUT2D eigenvalue weighted by Crippen LogP contribution is 2.42. The molecule has 23 heteroatoms. The van der Waals surface area contributed by atoms with Gasteiger partial charge in [-0.25, -0.2) is 9.36 Å². The van der Waals surface area contributed by atoms with Crippen molar-refractivity contribution >= 4 is 36.7 Å². The quantitative estimate of drug-likeness (QED) is 0.0504. The van der Waals surface area contributed by atoms with Crippen molar-refractivity contribution in [2.45, 2.75) is 85.0 Å². The molecule has 3 atom stereocenters. The lowest BCUT2D eigenvalue weighted by molar-refractivity contribution is -0.162. The number of carbonyl (C=O) groups excluding carboxylic acids is 2. The van der Waals surface area contributed by atoms with E-state index in [0.717, 1.165) is 38.8 Å². The van der Waals surface area contributed by atoms with E-state index in [-0.39, 0.29) is 94.6 Å². The molecule has 4 N–H and O–H groups in total. The number of nitrogens with two attached hydrogens (primary N) is 1. The number of carbonyl (C=O) groups is 2. The second-order valence-corrected chi connectivity index (χ2v) is 15.9. The zero-order chi connectivity index (χ0) is 45.0. The number of nitrogen functional groups attached to an aromatic ring is 1. The van der Waals surface area contributed by atoms with Gasteiger partial charge in [0.1, 0.15) is 12.1 Å². The van der Waals surface area contributed by atoms with Crippen LogP contribution in [-0.2, 0) is 67.6 Å². The average molecular weight is 909 g/mol. The Labute approximate surface area is 363 Å². The number of piperidine rings is 1. The molecule has 0 radical (unpaired) electrons. The highest BCUT2D eigenvalue weighted by molar-refractivity contribution is 7.47. The monoisotopic (exact) mass is 908 g/mol. The Morgan fingerprint density at radius 3 is 1.92 bits per heavy atom. The first-order valence-corrected chi connectivity index (χ1v) is 23.0. The number of nitrogens with zero attached hydrogens (tertiary/aromatic N) is 4. The lowest BCUT2D eigenvalue weighted by Gasteiger charge is -2.31. The van der Waals surface area contributed by atoms with Crippen LogP contribution in [0.5, 0.6) is 6.01 Å². The Hall–Kier alpha value is -3.28. The van der Waals surface area contributed by atoms with Gasteiger partial charge in [0.25, 0.3) is 0 Å². The predicted octanol–water partition coefficient (Wildman–Crippen LogP) is 2.49. The summed E-state index contributed by atoms with van der Waals surface area (Å²) >= 11 is 0. The number of rotatable bonds is 36. The number of hydrogen-bond donors (Lipinski definition) is 3. The molecule has 2 aromatic rings. The van der Waals surface area contributed by atoms with Crippen LogP contribution in [-0.4, -0.2) is 172 Å². The van der Waals surface area contributed by atoms with Crippen LogP contribution < -0.4 is 16.2 Å². The van der Waals surface area contributed by atoms with E-state index in [4.69, 9.17) is 57.4 Å². The lowest BCUT2D eigenvalue weighted by Crippen LogP contribution is -2.37. The first-order valence-electron chi connectivity index (χ1n) is 21.5. The Balaban J connectivity index is 1.11. The standard InChI is InChI=1S/C39H69N6O16P/c1-5-8-30(4)60-38-42-36(40)35-37(43-38)45(39(48)41-35)27-31-9-11-44(12-10-31)13-14-58-62(49,50)59-26-25-55-22-21-53-18-17-51-15-16-52-19-20-54-23-24-56-28-32(61-34(47)7-3)29-57-33(46)6-2/h30-32H,5-29H2,1-4H3,(H,41,48)(H,49,50)(H2,40,42,43)/t30-,32-/m0/s1. The normalized spacial score (nSPS) is 15.7. The number of H-pyrrole nitrogens is 1. The molecule has 1 aliphatic rings. The van der Waals surface area contributed by atoms with Crippen molar-refractivity contribution in [1.82, 2.24) is 24.4 Å². The van der Waals surface area contributed by atoms with Crippen molar-refractivity contribution < 1.29 is 70.7 Å². The van der Waals surface area contributed by atoms with Gasteiger partial charge in [0.15, 0.2) is 17.6 Å². The van der Waals surface area contributed by atoms with Crippen molar-refractivity contribution in [2.24, 2.45) is 5.92 Å². The molecule has 3 heterocycles. The van der Waals surface area contributed by atoms with Gasteiger partial charge in [0.2, 0.25) is 0 Å². The smallest absolute Gasteiger partial charge is 0.462 e. The van der Waals surface area contributed by atoms with E-state index < -0.39 is 19.9 Å². The zero-order valence-corrected chi connectivity index (χ0v) is 37.7. The van der Waals surface area contributed by atoms with E-state index >= 15 is 0 Å². The van der Waals surface area contributed by atoms with Crippen molar-refractivity contribution in [1.29, 1.82) is 0 Å². The number of phosphoric ester groups is 1. The summed E-state index contributed by atoms with van der Waals surface area (Å²) in [5.41, 5.74) is 6.64. The molecule has 62 heavy (non-hydrogen) atoms. The van der Waals surface area contributed by atoms with Crippen LogP contribution in [0.4, 0.5) is 5.82 Å². The van der Waals surface area contributed by atoms with Crippen molar-refractivity contribution in [2.75, 3.05) is 124 Å². The van der Waals surface area contributed by atoms with Gasteiger partial charge in [0, 0.05) is 25.9 Å². The van der Waals surface area contributed by atoms with Gasteiger partial charge >= 0.3 is 31.5 Å². The van der Waals surface area contributed by atoms with Gasteiger partial charge in [-0.2, -0.15) is 9.97 Å². The van der Waals surface area contributed by atoms with E-state index in [1.165, 1.54) is 0 Å². The van der Waals surface area contributed by atoms with Gasteiger partial charge in [-0.1, -0.05) is 27.2 Å². The second-order valence-electron chi connectivity index (χ2n) is 14.4. The molecule has 356 valence electrons. The number of aromatic nitrogens is 4. The highest BCUT2D eigenvalue weighted by atomic mass is 31.2. The summed E-state index contributed by atoms with van der Waals surface area (Å²) in [7, 11) is -4.24. The second kappa shape index (κ2) is 30.7. The highest BCUT2D eigenvalue weighted by Gasteiger charge is 2.25. The summed E-state index contributed by atoms with van der Waals surface area (Å²) in [4.78, 5) is 59.5. The van der Waals surface area contributed by atoms with E-state index in [2.05, 4.69) is 26.8 Å². The first-order chi connectivity index (χ1) is 29.9. The summed E-state index contributed by atoms with van der Waals surface area (Å²) in [5, 5.41) is 0. The minimum atomic E-state index is -4.24. The molecule has 3 rings (SSSR count). The summed E-state index contributed by atoms with van der Waals surface area (Å²) in [6, 6.07) is 0.151. The summed E-state index contributed by atoms with van der Waals surface area (Å²) in [6.07, 6.45) is 3.12. The number of nitrogens with one attached hydrogen (secondary N) is 1. The molecule has 1 saturated heterocycles. The van der Waals surface area contributed by atoms with Gasteiger partial charge in [-0.3, -0.25) is 23.2 Å². The number of anilines is 1. The molecule has 0 spiro atoms. The maximum atomic E-state index is 12.8. The van der Waals surface area contributed by atoms with Crippen LogP contribution in [0.25, 0.3) is 11.2 Å². The van der Waals surface area contributed by atoms with E-state index in [9.17, 15) is 23.8 Å². The molecule has 1 fully saturated rings. The number of fused-ring (bicyclic) bond motifs is 1.